The average Bonchev–Trinajstić information content (AvgIpc) is 2.71. The van der Waals surface area contributed by atoms with Crippen LogP contribution in [0.25, 0.3) is 0 Å². The molecule has 1 aromatic rings. The first kappa shape index (κ1) is 29.6. The van der Waals surface area contributed by atoms with E-state index in [1.807, 2.05) is 12.1 Å². The molecule has 0 spiro atoms. The van der Waals surface area contributed by atoms with Crippen LogP contribution in [0, 0.1) is 5.41 Å². The van der Waals surface area contributed by atoms with Crippen LogP contribution in [0.1, 0.15) is 73.8 Å². The lowest BCUT2D eigenvalue weighted by Gasteiger charge is -2.37. The molecule has 188 valence electrons. The fraction of sp³-hybridized carbons (Fsp3) is 0.731. The number of likely N-dealkylation sites (N-methyl/N-ethyl adjacent to an activating group) is 1. The van der Waals surface area contributed by atoms with E-state index in [0.717, 1.165) is 49.2 Å². The van der Waals surface area contributed by atoms with Crippen LogP contribution in [0.3, 0.4) is 0 Å². The van der Waals surface area contributed by atoms with Gasteiger partial charge in [0, 0.05) is 17.6 Å². The molecule has 0 amide bonds. The largest absolute Gasteiger partial charge is 0.488 e. The fourth-order valence-electron chi connectivity index (χ4n) is 3.93. The molecule has 1 rings (SSSR count). The normalized spacial score (nSPS) is 12.8. The van der Waals surface area contributed by atoms with Crippen LogP contribution >= 0.6 is 0 Å². The van der Waals surface area contributed by atoms with E-state index in [-0.39, 0.29) is 16.9 Å². The van der Waals surface area contributed by atoms with Crippen molar-refractivity contribution in [1.29, 1.82) is 0 Å². The van der Waals surface area contributed by atoms with Gasteiger partial charge in [0.05, 0.1) is 19.5 Å². The molecule has 0 aliphatic rings. The van der Waals surface area contributed by atoms with Crippen LogP contribution in [-0.4, -0.2) is 77.4 Å². The topological polar surface area (TPSA) is 70.0 Å². The van der Waals surface area contributed by atoms with Gasteiger partial charge >= 0.3 is 13.1 Å². The quantitative estimate of drug-likeness (QED) is 0.267. The third-order valence-electron chi connectivity index (χ3n) is 6.63. The molecule has 0 bridgehead atoms. The van der Waals surface area contributed by atoms with Gasteiger partial charge in [0.15, 0.2) is 0 Å². The molecule has 0 aliphatic heterocycles. The van der Waals surface area contributed by atoms with Crippen LogP contribution in [-0.2, 0) is 16.1 Å². The molecule has 6 nitrogen and oxygen atoms in total. The predicted octanol–water partition coefficient (Wildman–Crippen LogP) is 3.19. The van der Waals surface area contributed by atoms with Crippen molar-refractivity contribution in [1.82, 2.24) is 4.90 Å². The summed E-state index contributed by atoms with van der Waals surface area (Å²) in [5.41, 5.74) is 1.91. The van der Waals surface area contributed by atoms with Crippen LogP contribution in [0.15, 0.2) is 24.3 Å². The Morgan fingerprint density at radius 3 is 2.03 bits per heavy atom. The summed E-state index contributed by atoms with van der Waals surface area (Å²) in [5, 5.41) is 18.6. The van der Waals surface area contributed by atoms with E-state index in [4.69, 9.17) is 4.74 Å². The van der Waals surface area contributed by atoms with Crippen molar-refractivity contribution < 1.29 is 24.1 Å². The lowest BCUT2D eigenvalue weighted by Crippen LogP contribution is -2.49. The minimum absolute atomic E-state index is 0.0175. The molecule has 0 saturated carbocycles. The minimum Gasteiger partial charge on any atom is -0.460 e. The molecule has 0 aromatic heterocycles. The Kier molecular flexibility index (Phi) is 11.6. The molecule has 0 atom stereocenters. The van der Waals surface area contributed by atoms with Crippen molar-refractivity contribution in [2.75, 3.05) is 39.3 Å². The fourth-order valence-corrected chi connectivity index (χ4v) is 3.93. The molecule has 1 aromatic carbocycles. The van der Waals surface area contributed by atoms with Gasteiger partial charge in [0.1, 0.15) is 19.7 Å². The van der Waals surface area contributed by atoms with Crippen molar-refractivity contribution in [3.8, 4) is 0 Å². The molecule has 7 heteroatoms. The summed E-state index contributed by atoms with van der Waals surface area (Å²) in [5.74, 6) is -0.133. The summed E-state index contributed by atoms with van der Waals surface area (Å²) >= 11 is 0. The van der Waals surface area contributed by atoms with Gasteiger partial charge in [-0.05, 0) is 58.5 Å². The van der Waals surface area contributed by atoms with Crippen LogP contribution in [0.2, 0.25) is 0 Å². The first-order valence-electron chi connectivity index (χ1n) is 12.4. The summed E-state index contributed by atoms with van der Waals surface area (Å²) in [7, 11) is -1.45. The summed E-state index contributed by atoms with van der Waals surface area (Å²) < 4.78 is 6.46. The maximum atomic E-state index is 12.5. The average molecular weight is 463 g/mol. The Bertz CT molecular complexity index is 704. The lowest BCUT2D eigenvalue weighted by atomic mass is 9.80. The molecule has 0 saturated heterocycles. The van der Waals surface area contributed by atoms with E-state index in [9.17, 15) is 14.8 Å². The van der Waals surface area contributed by atoms with Crippen molar-refractivity contribution in [3.05, 3.63) is 29.8 Å². The first-order valence-corrected chi connectivity index (χ1v) is 12.4. The zero-order valence-electron chi connectivity index (χ0n) is 22.4. The van der Waals surface area contributed by atoms with Crippen molar-refractivity contribution in [2.45, 2.75) is 80.3 Å². The van der Waals surface area contributed by atoms with E-state index < -0.39 is 7.12 Å². The van der Waals surface area contributed by atoms with Crippen LogP contribution in [0.4, 0.5) is 0 Å². The number of nitrogens with zero attached hydrogens (tertiary/aromatic N) is 2. The maximum Gasteiger partial charge on any atom is 0.488 e. The zero-order valence-corrected chi connectivity index (χ0v) is 22.4. The smallest absolute Gasteiger partial charge is 0.460 e. The Labute approximate surface area is 202 Å². The number of ether oxygens (including phenoxy) is 1. The van der Waals surface area contributed by atoms with Gasteiger partial charge in [-0.15, -0.1) is 0 Å². The van der Waals surface area contributed by atoms with Gasteiger partial charge in [-0.1, -0.05) is 45.0 Å². The number of carbonyl (C=O) groups excluding carboxylic acids is 1. The second kappa shape index (κ2) is 12.9. The standard InChI is InChI=1S/C26H48BN2O4/c1-9-29(10-2,21-22-11-13-23(14-12-22)27(31)32)19-20-33-24(30)15-17-28(26(6,7)8)18-16-25(3,4)5/h11-14,31-32H,9-10,15-21H2,1-8H3/q+1. The number of benzene rings is 1. The number of carbonyl (C=O) groups is 1. The lowest BCUT2D eigenvalue weighted by molar-refractivity contribution is -0.937. The molecule has 0 aliphatic carbocycles. The van der Waals surface area contributed by atoms with Gasteiger partial charge in [-0.3, -0.25) is 9.69 Å². The zero-order chi connectivity index (χ0) is 25.3. The molecule has 0 fully saturated rings. The van der Waals surface area contributed by atoms with Crippen molar-refractivity contribution >= 4 is 18.6 Å². The number of rotatable bonds is 13. The summed E-state index contributed by atoms with van der Waals surface area (Å²) in [6.45, 7) is 23.2. The Balaban J connectivity index is 2.60. The maximum absolute atomic E-state index is 12.5. The molecular formula is C26H48BN2O4+. The van der Waals surface area contributed by atoms with Crippen molar-refractivity contribution in [2.24, 2.45) is 5.41 Å². The second-order valence-corrected chi connectivity index (χ2v) is 11.4. The highest BCUT2D eigenvalue weighted by molar-refractivity contribution is 6.58. The molecule has 0 radical (unpaired) electrons. The highest BCUT2D eigenvalue weighted by Crippen LogP contribution is 2.22. The summed E-state index contributed by atoms with van der Waals surface area (Å²) in [6, 6.07) is 7.39. The Morgan fingerprint density at radius 1 is 1.00 bits per heavy atom. The van der Waals surface area contributed by atoms with Gasteiger partial charge < -0.3 is 19.3 Å². The van der Waals surface area contributed by atoms with E-state index in [2.05, 4.69) is 60.3 Å². The van der Waals surface area contributed by atoms with Gasteiger partial charge in [0.25, 0.3) is 0 Å². The molecule has 2 N–H and O–H groups in total. The third-order valence-corrected chi connectivity index (χ3v) is 6.63. The van der Waals surface area contributed by atoms with E-state index in [0.29, 0.717) is 25.0 Å². The van der Waals surface area contributed by atoms with E-state index >= 15 is 0 Å². The SMILES string of the molecule is CC[N+](CC)(CCOC(=O)CCN(CCC(C)(C)C)C(C)(C)C)Cc1ccc(B(O)O)cc1. The number of hydrogen-bond donors (Lipinski definition) is 2. The highest BCUT2D eigenvalue weighted by atomic mass is 16.5. The van der Waals surface area contributed by atoms with E-state index in [1.54, 1.807) is 12.1 Å². The monoisotopic (exact) mass is 463 g/mol. The van der Waals surface area contributed by atoms with Crippen LogP contribution < -0.4 is 5.46 Å². The molecule has 33 heavy (non-hydrogen) atoms. The number of hydrogen-bond acceptors (Lipinski definition) is 5. The number of esters is 1. The molecular weight excluding hydrogens is 415 g/mol. The summed E-state index contributed by atoms with van der Waals surface area (Å²) in [4.78, 5) is 14.9. The van der Waals surface area contributed by atoms with Gasteiger partial charge in [-0.25, -0.2) is 0 Å². The molecule has 0 heterocycles. The minimum atomic E-state index is -1.45. The van der Waals surface area contributed by atoms with E-state index in [1.165, 1.54) is 0 Å². The number of quaternary nitrogens is 1. The summed E-state index contributed by atoms with van der Waals surface area (Å²) in [6.07, 6.45) is 1.50. The molecule has 0 unspecified atom stereocenters. The van der Waals surface area contributed by atoms with Gasteiger partial charge in [-0.2, -0.15) is 0 Å². The first-order chi connectivity index (χ1) is 15.2. The third kappa shape index (κ3) is 11.0. The predicted molar refractivity (Wildman–Crippen MR) is 137 cm³/mol. The van der Waals surface area contributed by atoms with Gasteiger partial charge in [0.2, 0.25) is 0 Å². The Morgan fingerprint density at radius 2 is 1.58 bits per heavy atom. The van der Waals surface area contributed by atoms with Crippen molar-refractivity contribution in [3.63, 3.8) is 0 Å². The Hall–Kier alpha value is -1.41. The van der Waals surface area contributed by atoms with Crippen LogP contribution in [0.5, 0.6) is 0 Å². The second-order valence-electron chi connectivity index (χ2n) is 11.4. The highest BCUT2D eigenvalue weighted by Gasteiger charge is 2.26.